The maximum absolute atomic E-state index is 12.5. The van der Waals surface area contributed by atoms with Crippen LogP contribution in [0.25, 0.3) is 0 Å². The van der Waals surface area contributed by atoms with Crippen molar-refractivity contribution in [2.75, 3.05) is 0 Å². The summed E-state index contributed by atoms with van der Waals surface area (Å²) in [7, 11) is 0. The Morgan fingerprint density at radius 2 is 1.81 bits per heavy atom. The molecule has 1 aromatic rings. The van der Waals surface area contributed by atoms with Gasteiger partial charge in [0.25, 0.3) is 0 Å². The number of hydrogen-bond donors (Lipinski definition) is 0. The second-order valence-corrected chi connectivity index (χ2v) is 7.01. The fourth-order valence-corrected chi connectivity index (χ4v) is 4.08. The Bertz CT molecular complexity index is 586. The normalized spacial score (nSPS) is 28.6. The number of carbonyl (C=O) groups is 2. The van der Waals surface area contributed by atoms with Gasteiger partial charge in [0, 0.05) is 6.54 Å². The molecular weight excluding hydrogens is 334 g/mol. The summed E-state index contributed by atoms with van der Waals surface area (Å²) in [5, 5.41) is 4.43. The quantitative estimate of drug-likeness (QED) is 0.784. The highest BCUT2D eigenvalue weighted by molar-refractivity contribution is 9.10. The van der Waals surface area contributed by atoms with Crippen molar-refractivity contribution in [2.45, 2.75) is 46.7 Å². The van der Waals surface area contributed by atoms with Gasteiger partial charge in [0.1, 0.15) is 0 Å². The van der Waals surface area contributed by atoms with Crippen LogP contribution in [-0.4, -0.2) is 26.5 Å². The fraction of sp³-hybridized carbons (Fsp3) is 0.667. The molecule has 0 N–H and O–H groups in total. The van der Waals surface area contributed by atoms with E-state index in [2.05, 4.69) is 28.0 Å². The lowest BCUT2D eigenvalue weighted by molar-refractivity contribution is -0.141. The van der Waals surface area contributed by atoms with Gasteiger partial charge in [-0.05, 0) is 48.5 Å². The van der Waals surface area contributed by atoms with Crippen LogP contribution in [0.15, 0.2) is 4.47 Å². The molecule has 2 unspecified atom stereocenters. The van der Waals surface area contributed by atoms with E-state index in [0.717, 1.165) is 35.2 Å². The number of aryl methyl sites for hydroxylation is 2. The van der Waals surface area contributed by atoms with Crippen LogP contribution in [0, 0.1) is 24.7 Å². The van der Waals surface area contributed by atoms with E-state index in [4.69, 9.17) is 0 Å². The molecule has 0 bridgehead atoms. The van der Waals surface area contributed by atoms with Gasteiger partial charge in [-0.3, -0.25) is 19.2 Å². The standard InChI is InChI=1S/C15H20BrN3O2/c1-4-19-12(13(16)9(3)17-19)7-18-14(20)10-5-8(2)6-11(10)15(18)21/h8,10-11H,4-7H2,1-3H3. The summed E-state index contributed by atoms with van der Waals surface area (Å²) >= 11 is 3.53. The zero-order valence-corrected chi connectivity index (χ0v) is 14.2. The SMILES string of the molecule is CCn1nc(C)c(Br)c1CN1C(=O)C2CC(C)CC2C1=O. The highest BCUT2D eigenvalue weighted by Crippen LogP contribution is 2.43. The van der Waals surface area contributed by atoms with E-state index in [9.17, 15) is 9.59 Å². The Labute approximate surface area is 132 Å². The number of imide groups is 1. The van der Waals surface area contributed by atoms with Crippen molar-refractivity contribution in [3.63, 3.8) is 0 Å². The molecular formula is C15H20BrN3O2. The smallest absolute Gasteiger partial charge is 0.233 e. The molecule has 1 saturated carbocycles. The molecule has 6 heteroatoms. The molecule has 2 fully saturated rings. The molecule has 1 aromatic heterocycles. The number of fused-ring (bicyclic) bond motifs is 1. The summed E-state index contributed by atoms with van der Waals surface area (Å²) in [4.78, 5) is 26.5. The number of halogens is 1. The highest BCUT2D eigenvalue weighted by Gasteiger charge is 2.51. The van der Waals surface area contributed by atoms with E-state index < -0.39 is 0 Å². The van der Waals surface area contributed by atoms with E-state index in [1.165, 1.54) is 4.90 Å². The number of nitrogens with zero attached hydrogens (tertiary/aromatic N) is 3. The molecule has 0 radical (unpaired) electrons. The zero-order valence-electron chi connectivity index (χ0n) is 12.6. The van der Waals surface area contributed by atoms with Crippen molar-refractivity contribution < 1.29 is 9.59 Å². The van der Waals surface area contributed by atoms with Crippen LogP contribution >= 0.6 is 15.9 Å². The molecule has 3 rings (SSSR count). The van der Waals surface area contributed by atoms with Gasteiger partial charge in [-0.15, -0.1) is 0 Å². The monoisotopic (exact) mass is 353 g/mol. The van der Waals surface area contributed by atoms with Crippen LogP contribution in [0.5, 0.6) is 0 Å². The lowest BCUT2D eigenvalue weighted by Gasteiger charge is -2.17. The van der Waals surface area contributed by atoms with Crippen molar-refractivity contribution >= 4 is 27.7 Å². The number of carbonyl (C=O) groups excluding carboxylic acids is 2. The minimum atomic E-state index is -0.0922. The predicted molar refractivity (Wildman–Crippen MR) is 81.3 cm³/mol. The van der Waals surface area contributed by atoms with Crippen LogP contribution < -0.4 is 0 Å². The van der Waals surface area contributed by atoms with E-state index in [0.29, 0.717) is 12.5 Å². The lowest BCUT2D eigenvalue weighted by Crippen LogP contribution is -2.32. The van der Waals surface area contributed by atoms with Crippen molar-refractivity contribution in [3.05, 3.63) is 15.9 Å². The highest BCUT2D eigenvalue weighted by atomic mass is 79.9. The van der Waals surface area contributed by atoms with E-state index in [1.807, 2.05) is 18.5 Å². The first-order valence-electron chi connectivity index (χ1n) is 7.51. The third-order valence-corrected chi connectivity index (χ3v) is 5.76. The van der Waals surface area contributed by atoms with Crippen molar-refractivity contribution in [2.24, 2.45) is 17.8 Å². The minimum Gasteiger partial charge on any atom is -0.276 e. The van der Waals surface area contributed by atoms with Crippen LogP contribution in [0.4, 0.5) is 0 Å². The molecule has 1 aliphatic carbocycles. The molecule has 1 saturated heterocycles. The van der Waals surface area contributed by atoms with Crippen LogP contribution in [0.3, 0.4) is 0 Å². The van der Waals surface area contributed by atoms with Gasteiger partial charge in [0.2, 0.25) is 11.8 Å². The number of hydrogen-bond acceptors (Lipinski definition) is 3. The Kier molecular flexibility index (Phi) is 3.67. The minimum absolute atomic E-state index is 0.00255. The lowest BCUT2D eigenvalue weighted by atomic mass is 10.00. The van der Waals surface area contributed by atoms with Gasteiger partial charge in [0.15, 0.2) is 0 Å². The molecule has 0 aromatic carbocycles. The van der Waals surface area contributed by atoms with Gasteiger partial charge in [-0.1, -0.05) is 6.92 Å². The van der Waals surface area contributed by atoms with Crippen LogP contribution in [-0.2, 0) is 22.7 Å². The Morgan fingerprint density at radius 3 is 2.33 bits per heavy atom. The predicted octanol–water partition coefficient (Wildman–Crippen LogP) is 2.51. The molecule has 5 nitrogen and oxygen atoms in total. The Balaban J connectivity index is 1.87. The summed E-state index contributed by atoms with van der Waals surface area (Å²) in [5.74, 6) is 0.298. The van der Waals surface area contributed by atoms with Crippen LogP contribution in [0.1, 0.15) is 38.1 Å². The molecule has 114 valence electrons. The first-order valence-corrected chi connectivity index (χ1v) is 8.30. The molecule has 0 spiro atoms. The number of aromatic nitrogens is 2. The average Bonchev–Trinajstić information content (AvgIpc) is 3.03. The zero-order chi connectivity index (χ0) is 15.3. The first-order chi connectivity index (χ1) is 9.93. The molecule has 2 atom stereocenters. The summed E-state index contributed by atoms with van der Waals surface area (Å²) in [6.45, 7) is 7.10. The maximum Gasteiger partial charge on any atom is 0.233 e. The molecule has 2 amide bonds. The van der Waals surface area contributed by atoms with E-state index in [1.54, 1.807) is 0 Å². The largest absolute Gasteiger partial charge is 0.276 e. The second kappa shape index (κ2) is 5.23. The van der Waals surface area contributed by atoms with Crippen molar-refractivity contribution in [1.29, 1.82) is 0 Å². The Hall–Kier alpha value is -1.17. The third kappa shape index (κ3) is 2.24. The summed E-state index contributed by atoms with van der Waals surface area (Å²) in [6.07, 6.45) is 1.69. The van der Waals surface area contributed by atoms with Gasteiger partial charge in [-0.25, -0.2) is 0 Å². The summed E-state index contributed by atoms with van der Waals surface area (Å²) in [5.41, 5.74) is 1.80. The molecule has 2 aliphatic rings. The first kappa shape index (κ1) is 14.8. The number of amides is 2. The van der Waals surface area contributed by atoms with E-state index in [-0.39, 0.29) is 23.7 Å². The van der Waals surface area contributed by atoms with Crippen LogP contribution in [0.2, 0.25) is 0 Å². The van der Waals surface area contributed by atoms with Gasteiger partial charge < -0.3 is 0 Å². The average molecular weight is 354 g/mol. The molecule has 21 heavy (non-hydrogen) atoms. The maximum atomic E-state index is 12.5. The van der Waals surface area contributed by atoms with E-state index >= 15 is 0 Å². The second-order valence-electron chi connectivity index (χ2n) is 6.21. The fourth-order valence-electron chi connectivity index (χ4n) is 3.67. The summed E-state index contributed by atoms with van der Waals surface area (Å²) in [6, 6.07) is 0. The van der Waals surface area contributed by atoms with Gasteiger partial charge in [0.05, 0.1) is 34.2 Å². The van der Waals surface area contributed by atoms with Gasteiger partial charge >= 0.3 is 0 Å². The molecule has 2 heterocycles. The summed E-state index contributed by atoms with van der Waals surface area (Å²) < 4.78 is 2.76. The Morgan fingerprint density at radius 1 is 1.24 bits per heavy atom. The van der Waals surface area contributed by atoms with Crippen molar-refractivity contribution in [3.8, 4) is 0 Å². The van der Waals surface area contributed by atoms with Crippen molar-refractivity contribution in [1.82, 2.24) is 14.7 Å². The topological polar surface area (TPSA) is 55.2 Å². The van der Waals surface area contributed by atoms with Gasteiger partial charge in [-0.2, -0.15) is 5.10 Å². The molecule has 1 aliphatic heterocycles. The number of likely N-dealkylation sites (tertiary alicyclic amines) is 1. The third-order valence-electron chi connectivity index (χ3n) is 4.73. The number of rotatable bonds is 3.